The van der Waals surface area contributed by atoms with Crippen molar-refractivity contribution in [3.8, 4) is 0 Å². The lowest BCUT2D eigenvalue weighted by Crippen LogP contribution is -2.57. The Balaban J connectivity index is 1.38. The van der Waals surface area contributed by atoms with Crippen LogP contribution in [-0.2, 0) is 22.4 Å². The van der Waals surface area contributed by atoms with Crippen molar-refractivity contribution in [1.82, 2.24) is 25.5 Å². The van der Waals surface area contributed by atoms with E-state index in [0.717, 1.165) is 56.6 Å². The summed E-state index contributed by atoms with van der Waals surface area (Å²) in [6.07, 6.45) is 14.2. The topological polar surface area (TPSA) is 82.3 Å². The molecule has 2 fully saturated rings. The molecule has 1 aromatic heterocycles. The minimum absolute atomic E-state index is 0.0703. The number of aromatic amines is 1. The van der Waals surface area contributed by atoms with Gasteiger partial charge in [0.15, 0.2) is 5.11 Å². The molecular formula is C29H43N5O2S. The number of hydrogen-bond donors (Lipinski definition) is 3. The second-order valence-electron chi connectivity index (χ2n) is 10.5. The van der Waals surface area contributed by atoms with E-state index in [0.29, 0.717) is 24.0 Å². The van der Waals surface area contributed by atoms with E-state index in [2.05, 4.69) is 39.7 Å². The third-order valence-corrected chi connectivity index (χ3v) is 8.25. The minimum atomic E-state index is -0.409. The van der Waals surface area contributed by atoms with E-state index < -0.39 is 6.04 Å². The molecule has 37 heavy (non-hydrogen) atoms. The van der Waals surface area contributed by atoms with Gasteiger partial charge in [0.25, 0.3) is 0 Å². The number of rotatable bonds is 11. The second kappa shape index (κ2) is 13.9. The van der Waals surface area contributed by atoms with Crippen LogP contribution in [0.25, 0.3) is 0 Å². The van der Waals surface area contributed by atoms with Crippen LogP contribution in [0.4, 0.5) is 0 Å². The molecule has 4 rings (SSSR count). The van der Waals surface area contributed by atoms with Crippen molar-refractivity contribution in [2.24, 2.45) is 5.92 Å². The van der Waals surface area contributed by atoms with E-state index in [-0.39, 0.29) is 11.5 Å². The maximum atomic E-state index is 13.8. The zero-order valence-corrected chi connectivity index (χ0v) is 23.0. The van der Waals surface area contributed by atoms with Crippen molar-refractivity contribution in [1.29, 1.82) is 0 Å². The van der Waals surface area contributed by atoms with E-state index in [1.807, 2.05) is 29.3 Å². The molecule has 7 nitrogen and oxygen atoms in total. The van der Waals surface area contributed by atoms with Crippen LogP contribution in [0.5, 0.6) is 0 Å². The van der Waals surface area contributed by atoms with E-state index in [1.54, 1.807) is 6.33 Å². The zero-order valence-electron chi connectivity index (χ0n) is 22.2. The van der Waals surface area contributed by atoms with E-state index in [9.17, 15) is 4.79 Å². The Morgan fingerprint density at radius 1 is 1.22 bits per heavy atom. The van der Waals surface area contributed by atoms with Crippen molar-refractivity contribution in [3.63, 3.8) is 0 Å². The lowest BCUT2D eigenvalue weighted by Gasteiger charge is -2.48. The number of hydrogen-bond acceptors (Lipinski definition) is 4. The SMILES string of the molecule is CCCOC1(C2CCCCC2)CCN(C(=O)[C@@H](Cc2ccccc2)NC(=S)NCCc2cnc[nH]2)CC1. The summed E-state index contributed by atoms with van der Waals surface area (Å²) in [5, 5.41) is 7.10. The van der Waals surface area contributed by atoms with Gasteiger partial charge in [0.05, 0.1) is 11.9 Å². The molecule has 2 aliphatic rings. The molecule has 3 N–H and O–H groups in total. The molecule has 1 aliphatic carbocycles. The number of piperidine rings is 1. The summed E-state index contributed by atoms with van der Waals surface area (Å²) < 4.78 is 6.59. The van der Waals surface area contributed by atoms with Crippen LogP contribution in [0, 0.1) is 5.92 Å². The number of amides is 1. The second-order valence-corrected chi connectivity index (χ2v) is 11.0. The third kappa shape index (κ3) is 7.77. The lowest BCUT2D eigenvalue weighted by molar-refractivity contribution is -0.149. The Labute approximate surface area is 227 Å². The van der Waals surface area contributed by atoms with Crippen molar-refractivity contribution >= 4 is 23.2 Å². The summed E-state index contributed by atoms with van der Waals surface area (Å²) in [6.45, 7) is 5.14. The molecule has 1 saturated carbocycles. The zero-order chi connectivity index (χ0) is 25.9. The van der Waals surface area contributed by atoms with E-state index in [1.165, 1.54) is 32.1 Å². The molecule has 2 heterocycles. The van der Waals surface area contributed by atoms with Crippen LogP contribution in [-0.4, -0.2) is 63.8 Å². The molecule has 1 saturated heterocycles. The van der Waals surface area contributed by atoms with Gasteiger partial charge in [0, 0.05) is 51.0 Å². The normalized spacial score (nSPS) is 18.8. The van der Waals surface area contributed by atoms with Crippen LogP contribution in [0.3, 0.4) is 0 Å². The number of nitrogens with one attached hydrogen (secondary N) is 3. The predicted molar refractivity (Wildman–Crippen MR) is 151 cm³/mol. The van der Waals surface area contributed by atoms with Crippen molar-refractivity contribution in [2.75, 3.05) is 26.2 Å². The average molecular weight is 526 g/mol. The highest BCUT2D eigenvalue weighted by Crippen LogP contribution is 2.42. The number of carbonyl (C=O) groups excluding carboxylic acids is 1. The fraction of sp³-hybridized carbons (Fsp3) is 0.621. The first kappa shape index (κ1) is 27.6. The van der Waals surface area contributed by atoms with Gasteiger partial charge in [-0.2, -0.15) is 0 Å². The largest absolute Gasteiger partial charge is 0.375 e. The fourth-order valence-electron chi connectivity index (χ4n) is 5.92. The molecule has 8 heteroatoms. The van der Waals surface area contributed by atoms with Crippen molar-refractivity contribution in [2.45, 2.75) is 82.8 Å². The maximum Gasteiger partial charge on any atom is 0.245 e. The van der Waals surface area contributed by atoms with Crippen molar-refractivity contribution in [3.05, 3.63) is 54.1 Å². The number of likely N-dealkylation sites (tertiary alicyclic amines) is 1. The van der Waals surface area contributed by atoms with Gasteiger partial charge >= 0.3 is 0 Å². The van der Waals surface area contributed by atoms with Gasteiger partial charge in [0.1, 0.15) is 6.04 Å². The summed E-state index contributed by atoms with van der Waals surface area (Å²) >= 11 is 5.59. The number of aromatic nitrogens is 2. The van der Waals surface area contributed by atoms with Crippen LogP contribution in [0.1, 0.15) is 69.5 Å². The molecule has 202 valence electrons. The summed E-state index contributed by atoms with van der Waals surface area (Å²) in [5.41, 5.74) is 2.10. The first-order valence-electron chi connectivity index (χ1n) is 14.1. The van der Waals surface area contributed by atoms with E-state index >= 15 is 0 Å². The molecule has 0 radical (unpaired) electrons. The van der Waals surface area contributed by atoms with Gasteiger partial charge in [-0.25, -0.2) is 4.98 Å². The number of benzene rings is 1. The molecular weight excluding hydrogens is 482 g/mol. The highest BCUT2D eigenvalue weighted by atomic mass is 32.1. The van der Waals surface area contributed by atoms with Gasteiger partial charge in [-0.05, 0) is 55.8 Å². The van der Waals surface area contributed by atoms with Gasteiger partial charge in [0.2, 0.25) is 5.91 Å². The Hall–Kier alpha value is -2.45. The molecule has 0 unspecified atom stereocenters. The Kier molecular flexibility index (Phi) is 10.4. The van der Waals surface area contributed by atoms with Gasteiger partial charge in [-0.1, -0.05) is 56.5 Å². The molecule has 1 aromatic carbocycles. The smallest absolute Gasteiger partial charge is 0.245 e. The third-order valence-electron chi connectivity index (χ3n) is 7.99. The number of thiocarbonyl (C=S) groups is 1. The number of imidazole rings is 1. The van der Waals surface area contributed by atoms with Gasteiger partial charge in [-0.15, -0.1) is 0 Å². The standard InChI is InChI=1S/C29H43N5O2S/c1-2-19-36-29(24-11-7-4-8-12-24)14-17-34(18-15-29)27(35)26(20-23-9-5-3-6-10-23)33-28(37)31-16-13-25-21-30-22-32-25/h3,5-6,9-10,21-22,24,26H,2,4,7-8,11-20H2,1H3,(H,30,32)(H2,31,33,37)/t26-/m1/s1. The fourth-order valence-corrected chi connectivity index (χ4v) is 6.17. The molecule has 0 spiro atoms. The maximum absolute atomic E-state index is 13.8. The highest BCUT2D eigenvalue weighted by Gasteiger charge is 2.44. The summed E-state index contributed by atoms with van der Waals surface area (Å²) in [6, 6.07) is 9.76. The summed E-state index contributed by atoms with van der Waals surface area (Å²) in [7, 11) is 0. The Morgan fingerprint density at radius 2 is 1.97 bits per heavy atom. The first-order valence-corrected chi connectivity index (χ1v) is 14.5. The van der Waals surface area contributed by atoms with Gasteiger partial charge in [-0.3, -0.25) is 4.79 Å². The minimum Gasteiger partial charge on any atom is -0.375 e. The van der Waals surface area contributed by atoms with Crippen LogP contribution >= 0.6 is 12.2 Å². The van der Waals surface area contributed by atoms with E-state index in [4.69, 9.17) is 17.0 Å². The molecule has 0 bridgehead atoms. The first-order chi connectivity index (χ1) is 18.1. The number of nitrogens with zero attached hydrogens (tertiary/aromatic N) is 2. The monoisotopic (exact) mass is 525 g/mol. The molecule has 1 amide bonds. The Morgan fingerprint density at radius 3 is 2.65 bits per heavy atom. The summed E-state index contributed by atoms with van der Waals surface area (Å²) in [4.78, 5) is 23.0. The Bertz CT molecular complexity index is 954. The number of carbonyl (C=O) groups is 1. The van der Waals surface area contributed by atoms with Crippen LogP contribution < -0.4 is 10.6 Å². The number of H-pyrrole nitrogens is 1. The number of ether oxygens (including phenoxy) is 1. The molecule has 1 aliphatic heterocycles. The van der Waals surface area contributed by atoms with Crippen LogP contribution in [0.2, 0.25) is 0 Å². The van der Waals surface area contributed by atoms with Crippen molar-refractivity contribution < 1.29 is 9.53 Å². The molecule has 1 atom stereocenters. The quantitative estimate of drug-likeness (QED) is 0.378. The predicted octanol–water partition coefficient (Wildman–Crippen LogP) is 4.40. The van der Waals surface area contributed by atoms with Crippen LogP contribution in [0.15, 0.2) is 42.9 Å². The molecule has 2 aromatic rings. The highest BCUT2D eigenvalue weighted by molar-refractivity contribution is 7.80. The van der Waals surface area contributed by atoms with Gasteiger partial charge < -0.3 is 25.3 Å². The lowest BCUT2D eigenvalue weighted by atomic mass is 9.72. The summed E-state index contributed by atoms with van der Waals surface area (Å²) in [5.74, 6) is 0.740. The average Bonchev–Trinajstić information content (AvgIpc) is 3.46.